The molecule has 3 rings (SSSR count). The van der Waals surface area contributed by atoms with E-state index in [1.807, 2.05) is 6.92 Å². The molecule has 0 heterocycles. The van der Waals surface area contributed by atoms with Crippen LogP contribution < -0.4 is 0 Å². The Morgan fingerprint density at radius 3 is 1.65 bits per heavy atom. The summed E-state index contributed by atoms with van der Waals surface area (Å²) in [5.41, 5.74) is 6.48. The Labute approximate surface area is 138 Å². The second-order valence-electron chi connectivity index (χ2n) is 5.51. The summed E-state index contributed by atoms with van der Waals surface area (Å²) in [4.78, 5) is 0. The molecule has 0 aliphatic heterocycles. The molecule has 1 heteroatoms. The molecular weight excluding hydrogens is 280 g/mol. The van der Waals surface area contributed by atoms with Gasteiger partial charge in [0.25, 0.3) is 0 Å². The van der Waals surface area contributed by atoms with Gasteiger partial charge in [-0.3, -0.25) is 0 Å². The van der Waals surface area contributed by atoms with E-state index in [4.69, 9.17) is 4.74 Å². The van der Waals surface area contributed by atoms with Gasteiger partial charge in [-0.05, 0) is 41.2 Å². The number of hydrogen-bond acceptors (Lipinski definition) is 1. The Morgan fingerprint density at radius 2 is 1.17 bits per heavy atom. The molecule has 3 aromatic carbocycles. The minimum atomic E-state index is 0.750. The molecule has 0 atom stereocenters. The van der Waals surface area contributed by atoms with Gasteiger partial charge in [0.2, 0.25) is 0 Å². The summed E-state index contributed by atoms with van der Waals surface area (Å²) in [6.07, 6.45) is 0.920. The fourth-order valence-electron chi connectivity index (χ4n) is 2.95. The number of ether oxygens (including phenoxy) is 1. The molecule has 0 spiro atoms. The molecule has 3 aromatic rings. The van der Waals surface area contributed by atoms with Crippen LogP contribution in [-0.4, -0.2) is 13.2 Å². The first-order chi connectivity index (χ1) is 11.4. The van der Waals surface area contributed by atoms with E-state index >= 15 is 0 Å². The topological polar surface area (TPSA) is 9.23 Å². The van der Waals surface area contributed by atoms with Gasteiger partial charge in [0.1, 0.15) is 0 Å². The average molecular weight is 302 g/mol. The summed E-state index contributed by atoms with van der Waals surface area (Å²) in [5, 5.41) is 0. The van der Waals surface area contributed by atoms with Gasteiger partial charge in [0.15, 0.2) is 0 Å². The molecule has 0 saturated carbocycles. The van der Waals surface area contributed by atoms with E-state index in [2.05, 4.69) is 78.9 Å². The first-order valence-electron chi connectivity index (χ1n) is 8.20. The van der Waals surface area contributed by atoms with Crippen LogP contribution in [-0.2, 0) is 11.2 Å². The average Bonchev–Trinajstić information content (AvgIpc) is 2.63. The van der Waals surface area contributed by atoms with Crippen molar-refractivity contribution < 1.29 is 4.74 Å². The molecular formula is C22H22O. The van der Waals surface area contributed by atoms with Crippen molar-refractivity contribution in [2.75, 3.05) is 13.2 Å². The Bertz CT molecular complexity index is 675. The molecule has 0 aliphatic carbocycles. The minimum Gasteiger partial charge on any atom is -0.381 e. The smallest absolute Gasteiger partial charge is 0.0506 e. The van der Waals surface area contributed by atoms with Crippen molar-refractivity contribution in [2.24, 2.45) is 0 Å². The van der Waals surface area contributed by atoms with E-state index in [9.17, 15) is 0 Å². The van der Waals surface area contributed by atoms with Gasteiger partial charge in [-0.1, -0.05) is 78.9 Å². The lowest BCUT2D eigenvalue weighted by Gasteiger charge is -2.16. The second-order valence-corrected chi connectivity index (χ2v) is 5.51. The van der Waals surface area contributed by atoms with E-state index < -0.39 is 0 Å². The summed E-state index contributed by atoms with van der Waals surface area (Å²) >= 11 is 0. The van der Waals surface area contributed by atoms with Gasteiger partial charge in [0.05, 0.1) is 6.61 Å². The SMILES string of the molecule is CCOCCc1c(-c2ccccc2)cccc1-c1ccccc1. The maximum atomic E-state index is 5.62. The predicted molar refractivity (Wildman–Crippen MR) is 97.5 cm³/mol. The molecule has 0 N–H and O–H groups in total. The van der Waals surface area contributed by atoms with Crippen LogP contribution in [0, 0.1) is 0 Å². The second kappa shape index (κ2) is 7.75. The van der Waals surface area contributed by atoms with Crippen LogP contribution in [0.3, 0.4) is 0 Å². The van der Waals surface area contributed by atoms with Gasteiger partial charge in [0, 0.05) is 6.61 Å². The van der Waals surface area contributed by atoms with Crippen LogP contribution in [0.4, 0.5) is 0 Å². The Kier molecular flexibility index (Phi) is 5.23. The van der Waals surface area contributed by atoms with Gasteiger partial charge in [-0.2, -0.15) is 0 Å². The quantitative estimate of drug-likeness (QED) is 0.539. The fraction of sp³-hybridized carbons (Fsp3) is 0.182. The normalized spacial score (nSPS) is 10.7. The van der Waals surface area contributed by atoms with E-state index in [-0.39, 0.29) is 0 Å². The molecule has 23 heavy (non-hydrogen) atoms. The molecule has 0 aromatic heterocycles. The largest absolute Gasteiger partial charge is 0.381 e. The van der Waals surface area contributed by atoms with Crippen LogP contribution in [0.5, 0.6) is 0 Å². The zero-order valence-electron chi connectivity index (χ0n) is 13.5. The third-order valence-electron chi connectivity index (χ3n) is 4.05. The van der Waals surface area contributed by atoms with Gasteiger partial charge < -0.3 is 4.74 Å². The molecule has 116 valence electrons. The van der Waals surface area contributed by atoms with Crippen molar-refractivity contribution in [2.45, 2.75) is 13.3 Å². The zero-order valence-corrected chi connectivity index (χ0v) is 13.5. The van der Waals surface area contributed by atoms with Crippen LogP contribution >= 0.6 is 0 Å². The summed E-state index contributed by atoms with van der Waals surface area (Å²) in [7, 11) is 0. The number of hydrogen-bond donors (Lipinski definition) is 0. The molecule has 0 fully saturated rings. The van der Waals surface area contributed by atoms with Crippen molar-refractivity contribution in [1.82, 2.24) is 0 Å². The molecule has 0 radical (unpaired) electrons. The van der Waals surface area contributed by atoms with Gasteiger partial charge in [-0.15, -0.1) is 0 Å². The number of rotatable bonds is 6. The highest BCUT2D eigenvalue weighted by atomic mass is 16.5. The zero-order chi connectivity index (χ0) is 15.9. The highest BCUT2D eigenvalue weighted by Crippen LogP contribution is 2.32. The van der Waals surface area contributed by atoms with Crippen molar-refractivity contribution in [1.29, 1.82) is 0 Å². The van der Waals surface area contributed by atoms with Crippen molar-refractivity contribution in [3.63, 3.8) is 0 Å². The number of benzene rings is 3. The third-order valence-corrected chi connectivity index (χ3v) is 4.05. The summed E-state index contributed by atoms with van der Waals surface area (Å²) in [5.74, 6) is 0. The molecule has 0 unspecified atom stereocenters. The fourth-order valence-corrected chi connectivity index (χ4v) is 2.95. The lowest BCUT2D eigenvalue weighted by Crippen LogP contribution is -2.02. The van der Waals surface area contributed by atoms with E-state index in [1.54, 1.807) is 0 Å². The van der Waals surface area contributed by atoms with Crippen LogP contribution in [0.25, 0.3) is 22.3 Å². The van der Waals surface area contributed by atoms with Crippen LogP contribution in [0.2, 0.25) is 0 Å². The Morgan fingerprint density at radius 1 is 0.652 bits per heavy atom. The monoisotopic (exact) mass is 302 g/mol. The highest BCUT2D eigenvalue weighted by molar-refractivity contribution is 5.78. The first-order valence-corrected chi connectivity index (χ1v) is 8.20. The van der Waals surface area contributed by atoms with E-state index in [0.717, 1.165) is 19.6 Å². The lowest BCUT2D eigenvalue weighted by molar-refractivity contribution is 0.151. The van der Waals surface area contributed by atoms with Crippen LogP contribution in [0.1, 0.15) is 12.5 Å². The minimum absolute atomic E-state index is 0.750. The summed E-state index contributed by atoms with van der Waals surface area (Å²) in [6, 6.07) is 27.8. The highest BCUT2D eigenvalue weighted by Gasteiger charge is 2.11. The maximum Gasteiger partial charge on any atom is 0.0506 e. The Balaban J connectivity index is 2.09. The Hall–Kier alpha value is -2.38. The summed E-state index contributed by atoms with van der Waals surface area (Å²) < 4.78 is 5.62. The molecule has 0 bridgehead atoms. The standard InChI is InChI=1S/C22H22O/c1-2-23-17-16-22-20(18-10-5-3-6-11-18)14-9-15-21(22)19-12-7-4-8-13-19/h3-15H,2,16-17H2,1H3. The van der Waals surface area contributed by atoms with Crippen molar-refractivity contribution in [3.05, 3.63) is 84.4 Å². The van der Waals surface area contributed by atoms with Crippen molar-refractivity contribution >= 4 is 0 Å². The van der Waals surface area contributed by atoms with Gasteiger partial charge >= 0.3 is 0 Å². The molecule has 0 amide bonds. The summed E-state index contributed by atoms with van der Waals surface area (Å²) in [6.45, 7) is 3.55. The first kappa shape index (κ1) is 15.5. The van der Waals surface area contributed by atoms with E-state index in [0.29, 0.717) is 0 Å². The van der Waals surface area contributed by atoms with Gasteiger partial charge in [-0.25, -0.2) is 0 Å². The third kappa shape index (κ3) is 3.69. The predicted octanol–water partition coefficient (Wildman–Crippen LogP) is 5.60. The lowest BCUT2D eigenvalue weighted by atomic mass is 9.90. The van der Waals surface area contributed by atoms with Crippen molar-refractivity contribution in [3.8, 4) is 22.3 Å². The molecule has 1 nitrogen and oxygen atoms in total. The van der Waals surface area contributed by atoms with Crippen LogP contribution in [0.15, 0.2) is 78.9 Å². The maximum absolute atomic E-state index is 5.62. The molecule has 0 aliphatic rings. The molecule has 0 saturated heterocycles. The van der Waals surface area contributed by atoms with E-state index in [1.165, 1.54) is 27.8 Å².